The van der Waals surface area contributed by atoms with Crippen LogP contribution in [-0.2, 0) is 4.74 Å². The van der Waals surface area contributed by atoms with E-state index in [1.54, 1.807) is 4.90 Å². The van der Waals surface area contributed by atoms with Crippen LogP contribution in [0, 0.1) is 0 Å². The summed E-state index contributed by atoms with van der Waals surface area (Å²) < 4.78 is 5.38. The lowest BCUT2D eigenvalue weighted by molar-refractivity contribution is 0.0238. The minimum atomic E-state index is -0.458. The van der Waals surface area contributed by atoms with Gasteiger partial charge in [-0.3, -0.25) is 4.90 Å². The quantitative estimate of drug-likeness (QED) is 0.759. The maximum Gasteiger partial charge on any atom is 0.411 e. The number of aromatic amines is 1. The lowest BCUT2D eigenvalue weighted by Crippen LogP contribution is -2.36. The van der Waals surface area contributed by atoms with Gasteiger partial charge in [-0.15, -0.1) is 0 Å². The Bertz CT molecular complexity index is 415. The SMILES string of the molecule is CC(C)(C)OC(=O)N1CC=CC1c1ccc[nH]1. The third-order valence-corrected chi connectivity index (χ3v) is 2.52. The Labute approximate surface area is 101 Å². The highest BCUT2D eigenvalue weighted by Crippen LogP contribution is 2.27. The summed E-state index contributed by atoms with van der Waals surface area (Å²) in [5.74, 6) is 0. The third-order valence-electron chi connectivity index (χ3n) is 2.52. The van der Waals surface area contributed by atoms with Gasteiger partial charge in [-0.25, -0.2) is 4.79 Å². The summed E-state index contributed by atoms with van der Waals surface area (Å²) in [6.07, 6.45) is 5.57. The van der Waals surface area contributed by atoms with E-state index in [9.17, 15) is 4.79 Å². The van der Waals surface area contributed by atoms with E-state index < -0.39 is 5.60 Å². The van der Waals surface area contributed by atoms with Crippen LogP contribution < -0.4 is 0 Å². The Morgan fingerprint density at radius 3 is 2.88 bits per heavy atom. The molecule has 17 heavy (non-hydrogen) atoms. The molecule has 0 aliphatic carbocycles. The van der Waals surface area contributed by atoms with Crippen LogP contribution in [0.5, 0.6) is 0 Å². The second-order valence-electron chi connectivity index (χ2n) is 5.13. The molecule has 1 aliphatic heterocycles. The molecule has 0 spiro atoms. The molecule has 0 saturated carbocycles. The largest absolute Gasteiger partial charge is 0.444 e. The third kappa shape index (κ3) is 2.70. The molecule has 2 heterocycles. The van der Waals surface area contributed by atoms with E-state index in [1.165, 1.54) is 0 Å². The predicted octanol–water partition coefficient (Wildman–Crippen LogP) is 2.86. The fraction of sp³-hybridized carbons (Fsp3) is 0.462. The van der Waals surface area contributed by atoms with Gasteiger partial charge in [0.2, 0.25) is 0 Å². The van der Waals surface area contributed by atoms with Gasteiger partial charge in [0.25, 0.3) is 0 Å². The Morgan fingerprint density at radius 2 is 2.29 bits per heavy atom. The zero-order valence-corrected chi connectivity index (χ0v) is 10.4. The highest BCUT2D eigenvalue weighted by molar-refractivity contribution is 5.70. The molecule has 1 unspecified atom stereocenters. The lowest BCUT2D eigenvalue weighted by atomic mass is 10.2. The second kappa shape index (κ2) is 4.28. The van der Waals surface area contributed by atoms with Gasteiger partial charge in [0.05, 0.1) is 6.04 Å². The first-order valence-corrected chi connectivity index (χ1v) is 5.77. The van der Waals surface area contributed by atoms with Gasteiger partial charge in [-0.2, -0.15) is 0 Å². The zero-order chi connectivity index (χ0) is 12.5. The average Bonchev–Trinajstić information content (AvgIpc) is 2.85. The number of amides is 1. The van der Waals surface area contributed by atoms with Gasteiger partial charge in [0, 0.05) is 18.4 Å². The molecule has 1 amide bonds. The van der Waals surface area contributed by atoms with E-state index in [4.69, 9.17) is 4.74 Å². The zero-order valence-electron chi connectivity index (χ0n) is 10.4. The van der Waals surface area contributed by atoms with Crippen LogP contribution in [0.4, 0.5) is 4.79 Å². The molecule has 1 aliphatic rings. The first kappa shape index (κ1) is 11.8. The standard InChI is InChI=1S/C13H18N2O2/c1-13(2,3)17-12(16)15-9-5-7-11(15)10-6-4-8-14-10/h4-8,11,14H,9H2,1-3H3. The molecule has 4 nitrogen and oxygen atoms in total. The number of nitrogens with zero attached hydrogens (tertiary/aromatic N) is 1. The molecule has 1 aromatic heterocycles. The van der Waals surface area contributed by atoms with Gasteiger partial charge < -0.3 is 9.72 Å². The number of carbonyl (C=O) groups excluding carboxylic acids is 1. The summed E-state index contributed by atoms with van der Waals surface area (Å²) in [4.78, 5) is 16.8. The minimum Gasteiger partial charge on any atom is -0.444 e. The molecule has 0 bridgehead atoms. The molecule has 1 aromatic rings. The molecule has 2 rings (SSSR count). The van der Waals surface area contributed by atoms with Gasteiger partial charge in [-0.05, 0) is 32.9 Å². The van der Waals surface area contributed by atoms with Gasteiger partial charge in [-0.1, -0.05) is 12.2 Å². The van der Waals surface area contributed by atoms with Gasteiger partial charge >= 0.3 is 6.09 Å². The Morgan fingerprint density at radius 1 is 1.53 bits per heavy atom. The van der Waals surface area contributed by atoms with Crippen LogP contribution in [-0.4, -0.2) is 28.1 Å². The molecule has 0 aromatic carbocycles. The van der Waals surface area contributed by atoms with Gasteiger partial charge in [0.15, 0.2) is 0 Å². The summed E-state index contributed by atoms with van der Waals surface area (Å²) in [5, 5.41) is 0. The van der Waals surface area contributed by atoms with Crippen molar-refractivity contribution >= 4 is 6.09 Å². The highest BCUT2D eigenvalue weighted by Gasteiger charge is 2.30. The summed E-state index contributed by atoms with van der Waals surface area (Å²) in [7, 11) is 0. The molecule has 1 atom stereocenters. The fourth-order valence-electron chi connectivity index (χ4n) is 1.83. The van der Waals surface area contributed by atoms with Crippen LogP contribution in [0.15, 0.2) is 30.5 Å². The van der Waals surface area contributed by atoms with Crippen LogP contribution in [0.3, 0.4) is 0 Å². The number of H-pyrrole nitrogens is 1. The number of hydrogen-bond acceptors (Lipinski definition) is 2. The maximum absolute atomic E-state index is 12.0. The summed E-state index contributed by atoms with van der Waals surface area (Å²) >= 11 is 0. The maximum atomic E-state index is 12.0. The monoisotopic (exact) mass is 234 g/mol. The number of rotatable bonds is 1. The summed E-state index contributed by atoms with van der Waals surface area (Å²) in [6, 6.07) is 3.85. The molecule has 0 fully saturated rings. The van der Waals surface area contributed by atoms with Crippen LogP contribution in [0.25, 0.3) is 0 Å². The van der Waals surface area contributed by atoms with Gasteiger partial charge in [0.1, 0.15) is 5.60 Å². The van der Waals surface area contributed by atoms with Crippen molar-refractivity contribution in [2.45, 2.75) is 32.4 Å². The van der Waals surface area contributed by atoms with Crippen LogP contribution in [0.1, 0.15) is 32.5 Å². The number of carbonyl (C=O) groups is 1. The van der Waals surface area contributed by atoms with Crippen molar-refractivity contribution in [3.63, 3.8) is 0 Å². The summed E-state index contributed by atoms with van der Waals surface area (Å²) in [5.41, 5.74) is 0.546. The fourth-order valence-corrected chi connectivity index (χ4v) is 1.83. The second-order valence-corrected chi connectivity index (χ2v) is 5.13. The van der Waals surface area contributed by atoms with E-state index in [-0.39, 0.29) is 12.1 Å². The minimum absolute atomic E-state index is 0.0418. The molecule has 0 saturated heterocycles. The first-order valence-electron chi connectivity index (χ1n) is 5.77. The van der Waals surface area contributed by atoms with Crippen LogP contribution in [0.2, 0.25) is 0 Å². The van der Waals surface area contributed by atoms with Crippen molar-refractivity contribution in [2.24, 2.45) is 0 Å². The molecule has 1 N–H and O–H groups in total. The van der Waals surface area contributed by atoms with E-state index in [2.05, 4.69) is 4.98 Å². The summed E-state index contributed by atoms with van der Waals surface area (Å²) in [6.45, 7) is 6.22. The van der Waals surface area contributed by atoms with Crippen molar-refractivity contribution in [1.82, 2.24) is 9.88 Å². The molecule has 0 radical (unpaired) electrons. The topological polar surface area (TPSA) is 45.3 Å². The molecule has 4 heteroatoms. The Hall–Kier alpha value is -1.71. The number of aromatic nitrogens is 1. The predicted molar refractivity (Wildman–Crippen MR) is 65.6 cm³/mol. The smallest absolute Gasteiger partial charge is 0.411 e. The molecular formula is C13H18N2O2. The van der Waals surface area contributed by atoms with E-state index >= 15 is 0 Å². The van der Waals surface area contributed by atoms with Crippen molar-refractivity contribution in [2.75, 3.05) is 6.54 Å². The Balaban J connectivity index is 2.09. The van der Waals surface area contributed by atoms with Crippen molar-refractivity contribution < 1.29 is 9.53 Å². The van der Waals surface area contributed by atoms with Crippen molar-refractivity contribution in [3.05, 3.63) is 36.2 Å². The van der Waals surface area contributed by atoms with E-state index in [0.717, 1.165) is 5.69 Å². The number of nitrogens with one attached hydrogen (secondary N) is 1. The van der Waals surface area contributed by atoms with Crippen molar-refractivity contribution in [1.29, 1.82) is 0 Å². The first-order chi connectivity index (χ1) is 7.97. The molecule has 92 valence electrons. The number of ether oxygens (including phenoxy) is 1. The van der Waals surface area contributed by atoms with Crippen LogP contribution >= 0.6 is 0 Å². The highest BCUT2D eigenvalue weighted by atomic mass is 16.6. The van der Waals surface area contributed by atoms with E-state index in [1.807, 2.05) is 51.3 Å². The Kier molecular flexibility index (Phi) is 2.96. The van der Waals surface area contributed by atoms with Crippen molar-refractivity contribution in [3.8, 4) is 0 Å². The lowest BCUT2D eigenvalue weighted by Gasteiger charge is -2.28. The average molecular weight is 234 g/mol. The van der Waals surface area contributed by atoms with E-state index in [0.29, 0.717) is 6.54 Å². The number of hydrogen-bond donors (Lipinski definition) is 1. The normalized spacial score (nSPS) is 19.7. The molecular weight excluding hydrogens is 216 g/mol.